The molecular formula is C21H27ClN10OS. The third kappa shape index (κ3) is 5.69. The Balaban J connectivity index is 1.65. The van der Waals surface area contributed by atoms with Crippen LogP contribution in [0.3, 0.4) is 0 Å². The van der Waals surface area contributed by atoms with Crippen LogP contribution in [-0.4, -0.2) is 76.0 Å². The Hall–Kier alpha value is -3.09. The highest BCUT2D eigenvalue weighted by molar-refractivity contribution is 7.09. The maximum absolute atomic E-state index is 12.5. The van der Waals surface area contributed by atoms with E-state index in [-0.39, 0.29) is 16.7 Å². The van der Waals surface area contributed by atoms with E-state index in [1.807, 2.05) is 24.4 Å². The number of hydrogen-bond acceptors (Lipinski definition) is 11. The molecule has 4 heterocycles. The number of likely N-dealkylation sites (N-methyl/N-ethyl adjacent to an activating group) is 1. The fourth-order valence-electron chi connectivity index (χ4n) is 3.35. The summed E-state index contributed by atoms with van der Waals surface area (Å²) >= 11 is 7.96. The number of halogens is 1. The minimum Gasteiger partial charge on any atom is -0.363 e. The highest BCUT2D eigenvalue weighted by Gasteiger charge is 2.22. The van der Waals surface area contributed by atoms with Crippen LogP contribution in [0.15, 0.2) is 17.5 Å². The summed E-state index contributed by atoms with van der Waals surface area (Å²) in [5.74, 6) is 1.68. The smallest absolute Gasteiger partial charge is 0.273 e. The van der Waals surface area contributed by atoms with Crippen LogP contribution in [0.2, 0.25) is 5.15 Å². The topological polar surface area (TPSA) is 124 Å². The number of hydrogen-bond donors (Lipinski definition) is 3. The molecule has 0 saturated carbocycles. The maximum atomic E-state index is 12.5. The number of rotatable bonds is 8. The molecule has 0 aromatic carbocycles. The Morgan fingerprint density at radius 3 is 2.59 bits per heavy atom. The molecule has 4 rings (SSSR count). The molecule has 0 unspecified atom stereocenters. The number of thiophene rings is 1. The summed E-state index contributed by atoms with van der Waals surface area (Å²) in [5, 5.41) is 10.9. The van der Waals surface area contributed by atoms with Gasteiger partial charge in [0.1, 0.15) is 5.82 Å². The lowest BCUT2D eigenvalue weighted by Gasteiger charge is -2.32. The third-order valence-electron chi connectivity index (χ3n) is 5.31. The zero-order chi connectivity index (χ0) is 24.1. The molecule has 0 spiro atoms. The Morgan fingerprint density at radius 2 is 1.91 bits per heavy atom. The van der Waals surface area contributed by atoms with Crippen LogP contribution in [0.1, 0.15) is 28.1 Å². The Labute approximate surface area is 207 Å². The first-order valence-corrected chi connectivity index (χ1v) is 12.2. The monoisotopic (exact) mass is 502 g/mol. The molecule has 0 radical (unpaired) electrons. The SMILES string of the molecule is CCc1nc(Nc2nc(NCc3cccs3)c(Cl)nc2C(=O)NC)nc(N2CCN(C)CC2)n1. The van der Waals surface area contributed by atoms with Crippen LogP contribution in [0, 0.1) is 0 Å². The molecule has 180 valence electrons. The molecule has 1 fully saturated rings. The van der Waals surface area contributed by atoms with Crippen LogP contribution in [0.4, 0.5) is 23.5 Å². The van der Waals surface area contributed by atoms with Crippen LogP contribution in [-0.2, 0) is 13.0 Å². The standard InChI is InChI=1S/C21H27ClN10OS/c1-4-14-25-20(30-21(26-14)32-9-7-31(3)8-10-32)29-17-15(19(33)23-2)27-16(22)18(28-17)24-12-13-6-5-11-34-13/h5-6,11H,4,7-10,12H2,1-3H3,(H,23,33)(H2,24,25,26,28,29,30). The average Bonchev–Trinajstić information content (AvgIpc) is 3.37. The fraction of sp³-hybridized carbons (Fsp3) is 0.429. The number of carbonyl (C=O) groups excluding carboxylic acids is 1. The van der Waals surface area contributed by atoms with Gasteiger partial charge in [0.15, 0.2) is 22.5 Å². The summed E-state index contributed by atoms with van der Waals surface area (Å²) in [4.78, 5) is 40.6. The van der Waals surface area contributed by atoms with Crippen molar-refractivity contribution in [2.45, 2.75) is 19.9 Å². The third-order valence-corrected chi connectivity index (χ3v) is 6.45. The summed E-state index contributed by atoms with van der Waals surface area (Å²) in [7, 11) is 3.62. The highest BCUT2D eigenvalue weighted by Crippen LogP contribution is 2.25. The molecule has 3 aromatic rings. The van der Waals surface area contributed by atoms with E-state index >= 15 is 0 Å². The van der Waals surface area contributed by atoms with E-state index in [0.717, 1.165) is 31.1 Å². The summed E-state index contributed by atoms with van der Waals surface area (Å²) < 4.78 is 0. The number of piperazine rings is 1. The normalized spacial score (nSPS) is 14.2. The predicted molar refractivity (Wildman–Crippen MR) is 134 cm³/mol. The Kier molecular flexibility index (Phi) is 7.70. The van der Waals surface area contributed by atoms with Gasteiger partial charge in [-0.1, -0.05) is 24.6 Å². The second-order valence-corrected chi connectivity index (χ2v) is 9.11. The minimum atomic E-state index is -0.425. The van der Waals surface area contributed by atoms with Gasteiger partial charge in [0.2, 0.25) is 11.9 Å². The lowest BCUT2D eigenvalue weighted by atomic mass is 10.3. The van der Waals surface area contributed by atoms with Gasteiger partial charge in [0.25, 0.3) is 5.91 Å². The van der Waals surface area contributed by atoms with Crippen LogP contribution >= 0.6 is 22.9 Å². The molecular weight excluding hydrogens is 476 g/mol. The molecule has 1 amide bonds. The van der Waals surface area contributed by atoms with Gasteiger partial charge in [-0.3, -0.25) is 4.79 Å². The molecule has 1 saturated heterocycles. The van der Waals surface area contributed by atoms with Crippen molar-refractivity contribution in [3.05, 3.63) is 39.1 Å². The first kappa shape index (κ1) is 24.0. The van der Waals surface area contributed by atoms with Gasteiger partial charge in [0, 0.05) is 44.5 Å². The van der Waals surface area contributed by atoms with Crippen molar-refractivity contribution in [2.75, 3.05) is 55.8 Å². The maximum Gasteiger partial charge on any atom is 0.273 e. The zero-order valence-corrected chi connectivity index (χ0v) is 20.9. The quantitative estimate of drug-likeness (QED) is 0.423. The van der Waals surface area contributed by atoms with E-state index in [4.69, 9.17) is 11.6 Å². The lowest BCUT2D eigenvalue weighted by molar-refractivity contribution is 0.0959. The number of aryl methyl sites for hydroxylation is 1. The van der Waals surface area contributed by atoms with Crippen LogP contribution in [0.5, 0.6) is 0 Å². The van der Waals surface area contributed by atoms with E-state index in [1.54, 1.807) is 11.3 Å². The number of carbonyl (C=O) groups is 1. The van der Waals surface area contributed by atoms with Crippen LogP contribution in [0.25, 0.3) is 0 Å². The second kappa shape index (κ2) is 10.9. The fourth-order valence-corrected chi connectivity index (χ4v) is 4.19. The molecule has 13 heteroatoms. The predicted octanol–water partition coefficient (Wildman–Crippen LogP) is 2.41. The van der Waals surface area contributed by atoms with Crippen LogP contribution < -0.4 is 20.9 Å². The van der Waals surface area contributed by atoms with Gasteiger partial charge in [-0.05, 0) is 18.5 Å². The summed E-state index contributed by atoms with van der Waals surface area (Å²) in [6.07, 6.45) is 0.639. The number of amides is 1. The van der Waals surface area contributed by atoms with E-state index in [2.05, 4.69) is 57.7 Å². The van der Waals surface area contributed by atoms with E-state index in [1.165, 1.54) is 7.05 Å². The summed E-state index contributed by atoms with van der Waals surface area (Å²) in [6.45, 7) is 6.02. The number of nitrogens with zero attached hydrogens (tertiary/aromatic N) is 7. The average molecular weight is 503 g/mol. The molecule has 0 aliphatic carbocycles. The van der Waals surface area contributed by atoms with E-state index in [0.29, 0.717) is 36.5 Å². The van der Waals surface area contributed by atoms with Crippen molar-refractivity contribution in [3.63, 3.8) is 0 Å². The minimum absolute atomic E-state index is 0.0498. The number of nitrogens with one attached hydrogen (secondary N) is 3. The molecule has 3 aromatic heterocycles. The van der Waals surface area contributed by atoms with Gasteiger partial charge >= 0.3 is 0 Å². The first-order chi connectivity index (χ1) is 16.5. The molecule has 0 atom stereocenters. The first-order valence-electron chi connectivity index (χ1n) is 11.0. The summed E-state index contributed by atoms with van der Waals surface area (Å²) in [5.41, 5.74) is 0.0498. The zero-order valence-electron chi connectivity index (χ0n) is 19.3. The van der Waals surface area contributed by atoms with Crippen molar-refractivity contribution in [1.82, 2.24) is 35.1 Å². The highest BCUT2D eigenvalue weighted by atomic mass is 35.5. The summed E-state index contributed by atoms with van der Waals surface area (Å²) in [6, 6.07) is 3.98. The van der Waals surface area contributed by atoms with E-state index < -0.39 is 5.91 Å². The molecule has 34 heavy (non-hydrogen) atoms. The molecule has 11 nitrogen and oxygen atoms in total. The van der Waals surface area contributed by atoms with Gasteiger partial charge in [-0.15, -0.1) is 11.3 Å². The molecule has 0 bridgehead atoms. The number of aromatic nitrogens is 5. The molecule has 3 N–H and O–H groups in total. The van der Waals surface area contributed by atoms with Crippen molar-refractivity contribution < 1.29 is 4.79 Å². The van der Waals surface area contributed by atoms with Gasteiger partial charge < -0.3 is 25.8 Å². The van der Waals surface area contributed by atoms with Crippen molar-refractivity contribution in [1.29, 1.82) is 0 Å². The molecule has 1 aliphatic rings. The van der Waals surface area contributed by atoms with Gasteiger partial charge in [-0.2, -0.15) is 15.0 Å². The van der Waals surface area contributed by atoms with Crippen molar-refractivity contribution in [2.24, 2.45) is 0 Å². The van der Waals surface area contributed by atoms with Crippen molar-refractivity contribution >= 4 is 52.4 Å². The lowest BCUT2D eigenvalue weighted by Crippen LogP contribution is -2.45. The Bertz CT molecular complexity index is 1130. The van der Waals surface area contributed by atoms with Crippen molar-refractivity contribution in [3.8, 4) is 0 Å². The van der Waals surface area contributed by atoms with Gasteiger partial charge in [-0.25, -0.2) is 9.97 Å². The largest absolute Gasteiger partial charge is 0.363 e. The van der Waals surface area contributed by atoms with E-state index in [9.17, 15) is 4.79 Å². The second-order valence-electron chi connectivity index (χ2n) is 7.72. The number of anilines is 4. The molecule has 1 aliphatic heterocycles. The Morgan fingerprint density at radius 1 is 1.12 bits per heavy atom. The van der Waals surface area contributed by atoms with Gasteiger partial charge in [0.05, 0.1) is 6.54 Å².